The Morgan fingerprint density at radius 1 is 1.31 bits per heavy atom. The summed E-state index contributed by atoms with van der Waals surface area (Å²) >= 11 is 7.03. The number of nitrogens with one attached hydrogen (secondary N) is 1. The lowest BCUT2D eigenvalue weighted by Crippen LogP contribution is -2.33. The highest BCUT2D eigenvalue weighted by molar-refractivity contribution is 7.91. The van der Waals surface area contributed by atoms with Gasteiger partial charge >= 0.3 is 0 Å². The second-order valence-electron chi connectivity index (χ2n) is 6.58. The van der Waals surface area contributed by atoms with E-state index >= 15 is 0 Å². The van der Waals surface area contributed by atoms with Crippen LogP contribution >= 0.6 is 22.9 Å². The number of fused-ring (bicyclic) bond motifs is 1. The van der Waals surface area contributed by atoms with Crippen molar-refractivity contribution in [1.29, 1.82) is 5.26 Å². The van der Waals surface area contributed by atoms with Crippen LogP contribution in [0.15, 0.2) is 29.2 Å². The van der Waals surface area contributed by atoms with Crippen LogP contribution in [0, 0.1) is 11.3 Å². The number of sulfone groups is 1. The second kappa shape index (κ2) is 8.53. The van der Waals surface area contributed by atoms with E-state index in [1.807, 2.05) is 0 Å². The molecular weight excluding hydrogens is 434 g/mol. The summed E-state index contributed by atoms with van der Waals surface area (Å²) in [5.74, 6) is -0.882. The second-order valence-corrected chi connectivity index (χ2v) is 10.2. The van der Waals surface area contributed by atoms with E-state index in [0.29, 0.717) is 35.1 Å². The van der Waals surface area contributed by atoms with Crippen LogP contribution in [0.25, 0.3) is 0 Å². The van der Waals surface area contributed by atoms with Gasteiger partial charge in [0.05, 0.1) is 22.8 Å². The van der Waals surface area contributed by atoms with Gasteiger partial charge in [0.25, 0.3) is 0 Å². The van der Waals surface area contributed by atoms with Crippen LogP contribution in [0.2, 0.25) is 5.02 Å². The zero-order chi connectivity index (χ0) is 21.2. The summed E-state index contributed by atoms with van der Waals surface area (Å²) < 4.78 is 24.7. The number of carbonyl (C=O) groups is 2. The van der Waals surface area contributed by atoms with Gasteiger partial charge in [-0.1, -0.05) is 11.6 Å². The van der Waals surface area contributed by atoms with Crippen molar-refractivity contribution in [3.8, 4) is 6.07 Å². The molecule has 152 valence electrons. The molecule has 2 aromatic rings. The topological polar surface area (TPSA) is 107 Å². The van der Waals surface area contributed by atoms with E-state index in [4.69, 9.17) is 11.6 Å². The first kappa shape index (κ1) is 21.3. The lowest BCUT2D eigenvalue weighted by atomic mass is 10.0. The molecule has 0 atom stereocenters. The number of thiophene rings is 1. The van der Waals surface area contributed by atoms with Crippen molar-refractivity contribution in [3.05, 3.63) is 45.3 Å². The largest absolute Gasteiger partial charge is 0.337 e. The van der Waals surface area contributed by atoms with E-state index < -0.39 is 15.7 Å². The average molecular weight is 452 g/mol. The number of hydrogen-bond donors (Lipinski definition) is 1. The number of anilines is 1. The minimum Gasteiger partial charge on any atom is -0.337 e. The fourth-order valence-corrected chi connectivity index (χ4v) is 5.65. The van der Waals surface area contributed by atoms with Gasteiger partial charge in [0.15, 0.2) is 9.84 Å². The molecule has 2 heterocycles. The number of nitriles is 1. The van der Waals surface area contributed by atoms with Crippen molar-refractivity contribution in [1.82, 2.24) is 4.90 Å². The van der Waals surface area contributed by atoms with E-state index in [2.05, 4.69) is 11.4 Å². The molecule has 0 saturated heterocycles. The Kier molecular flexibility index (Phi) is 6.27. The van der Waals surface area contributed by atoms with Gasteiger partial charge in [-0.15, -0.1) is 11.3 Å². The molecule has 7 nitrogen and oxygen atoms in total. The molecular formula is C19H18ClN3O4S2. The molecule has 29 heavy (non-hydrogen) atoms. The van der Waals surface area contributed by atoms with Crippen molar-refractivity contribution < 1.29 is 18.0 Å². The Labute approximate surface area is 177 Å². The molecule has 0 aliphatic carbocycles. The van der Waals surface area contributed by atoms with Gasteiger partial charge in [0.1, 0.15) is 11.1 Å². The minimum atomic E-state index is -3.62. The third-order valence-corrected chi connectivity index (χ3v) is 7.75. The molecule has 0 fully saturated rings. The maximum Gasteiger partial charge on any atom is 0.226 e. The molecule has 10 heteroatoms. The first-order valence-corrected chi connectivity index (χ1v) is 11.6. The highest BCUT2D eigenvalue weighted by Crippen LogP contribution is 2.36. The standard InChI is InChI=1S/C19H18ClN3O4S2/c1-12(24)23-8-6-15-16(10-21)19(28-17(15)11-23)22-18(25)7-9-29(26,27)14-4-2-13(20)3-5-14/h2-5H,6-9,11H2,1H3,(H,22,25). The summed E-state index contributed by atoms with van der Waals surface area (Å²) in [6, 6.07) is 7.88. The maximum absolute atomic E-state index is 12.4. The normalized spacial score (nSPS) is 13.5. The molecule has 1 aromatic heterocycles. The molecule has 3 rings (SSSR count). The minimum absolute atomic E-state index is 0.0412. The number of halogens is 1. The van der Waals surface area contributed by atoms with Crippen molar-refractivity contribution in [3.63, 3.8) is 0 Å². The first-order valence-electron chi connectivity index (χ1n) is 8.79. The monoisotopic (exact) mass is 451 g/mol. The van der Waals surface area contributed by atoms with Crippen LogP contribution in [-0.2, 0) is 32.4 Å². The Morgan fingerprint density at radius 2 is 2.00 bits per heavy atom. The third kappa shape index (κ3) is 4.78. The van der Waals surface area contributed by atoms with Crippen molar-refractivity contribution >= 4 is 49.6 Å². The number of carbonyl (C=O) groups excluding carboxylic acids is 2. The van der Waals surface area contributed by atoms with Crippen LogP contribution in [0.3, 0.4) is 0 Å². The van der Waals surface area contributed by atoms with Gasteiger partial charge in [0, 0.05) is 29.8 Å². The van der Waals surface area contributed by atoms with E-state index in [9.17, 15) is 23.3 Å². The summed E-state index contributed by atoms with van der Waals surface area (Å²) in [7, 11) is -3.62. The molecule has 2 amide bonds. The smallest absolute Gasteiger partial charge is 0.226 e. The third-order valence-electron chi connectivity index (χ3n) is 4.64. The van der Waals surface area contributed by atoms with E-state index in [-0.39, 0.29) is 23.0 Å². The highest BCUT2D eigenvalue weighted by atomic mass is 35.5. The number of nitrogens with zero attached hydrogens (tertiary/aromatic N) is 2. The fraction of sp³-hybridized carbons (Fsp3) is 0.316. The number of benzene rings is 1. The summed E-state index contributed by atoms with van der Waals surface area (Å²) in [5.41, 5.74) is 1.24. The molecule has 0 spiro atoms. The highest BCUT2D eigenvalue weighted by Gasteiger charge is 2.26. The number of hydrogen-bond acceptors (Lipinski definition) is 6. The molecule has 1 aliphatic rings. The van der Waals surface area contributed by atoms with Gasteiger partial charge in [-0.2, -0.15) is 5.26 Å². The van der Waals surface area contributed by atoms with Gasteiger partial charge in [0.2, 0.25) is 11.8 Å². The van der Waals surface area contributed by atoms with Crippen LogP contribution < -0.4 is 5.32 Å². The maximum atomic E-state index is 12.4. The zero-order valence-corrected chi connectivity index (χ0v) is 18.0. The van der Waals surface area contributed by atoms with Crippen LogP contribution in [0.4, 0.5) is 5.00 Å². The van der Waals surface area contributed by atoms with E-state index in [0.717, 1.165) is 10.4 Å². The number of rotatable bonds is 5. The van der Waals surface area contributed by atoms with Crippen LogP contribution in [-0.4, -0.2) is 37.4 Å². The lowest BCUT2D eigenvalue weighted by molar-refractivity contribution is -0.129. The number of amides is 2. The predicted octanol–water partition coefficient (Wildman–Crippen LogP) is 2.98. The van der Waals surface area contributed by atoms with Gasteiger partial charge in [-0.25, -0.2) is 8.42 Å². The fourth-order valence-electron chi connectivity index (χ4n) is 3.05. The molecule has 0 unspecified atom stereocenters. The zero-order valence-electron chi connectivity index (χ0n) is 15.6. The predicted molar refractivity (Wildman–Crippen MR) is 111 cm³/mol. The van der Waals surface area contributed by atoms with Crippen LogP contribution in [0.1, 0.15) is 29.3 Å². The Bertz CT molecular complexity index is 1100. The Hall–Kier alpha value is -2.41. The quantitative estimate of drug-likeness (QED) is 0.751. The summed E-state index contributed by atoms with van der Waals surface area (Å²) in [4.78, 5) is 26.6. The van der Waals surface area contributed by atoms with Crippen molar-refractivity contribution in [2.75, 3.05) is 17.6 Å². The first-order chi connectivity index (χ1) is 13.7. The van der Waals surface area contributed by atoms with E-state index in [1.165, 1.54) is 42.5 Å². The Balaban J connectivity index is 1.69. The molecule has 0 bridgehead atoms. The van der Waals surface area contributed by atoms with Gasteiger partial charge in [-0.05, 0) is 36.2 Å². The summed E-state index contributed by atoms with van der Waals surface area (Å²) in [5, 5.41) is 13.0. The van der Waals surface area contributed by atoms with Crippen molar-refractivity contribution in [2.24, 2.45) is 0 Å². The molecule has 1 aromatic carbocycles. The molecule has 0 saturated carbocycles. The van der Waals surface area contributed by atoms with E-state index in [1.54, 1.807) is 4.90 Å². The molecule has 0 radical (unpaired) electrons. The lowest BCUT2D eigenvalue weighted by Gasteiger charge is -2.25. The molecule has 1 aliphatic heterocycles. The van der Waals surface area contributed by atoms with Crippen molar-refractivity contribution in [2.45, 2.75) is 31.2 Å². The SMILES string of the molecule is CC(=O)N1CCc2c(sc(NC(=O)CCS(=O)(=O)c3ccc(Cl)cc3)c2C#N)C1. The van der Waals surface area contributed by atoms with Gasteiger partial charge < -0.3 is 10.2 Å². The Morgan fingerprint density at radius 3 is 2.62 bits per heavy atom. The summed E-state index contributed by atoms with van der Waals surface area (Å²) in [6.07, 6.45) is 0.313. The molecule has 1 N–H and O–H groups in total. The van der Waals surface area contributed by atoms with Gasteiger partial charge in [-0.3, -0.25) is 9.59 Å². The summed E-state index contributed by atoms with van der Waals surface area (Å²) in [6.45, 7) is 2.43. The van der Waals surface area contributed by atoms with Crippen LogP contribution in [0.5, 0.6) is 0 Å². The average Bonchev–Trinajstić information content (AvgIpc) is 3.02.